The van der Waals surface area contributed by atoms with Crippen LogP contribution in [0.5, 0.6) is 23.0 Å². The number of ketones is 1. The van der Waals surface area contributed by atoms with E-state index in [1.807, 2.05) is 84.9 Å². The molecule has 8 rings (SSSR count). The third-order valence-corrected chi connectivity index (χ3v) is 11.9. The van der Waals surface area contributed by atoms with Crippen LogP contribution >= 0.6 is 11.3 Å². The summed E-state index contributed by atoms with van der Waals surface area (Å²) in [6, 6.07) is 38.4. The molecule has 6 aromatic rings. The van der Waals surface area contributed by atoms with Gasteiger partial charge in [-0.05, 0) is 85.1 Å². The molecule has 0 bridgehead atoms. The summed E-state index contributed by atoms with van der Waals surface area (Å²) in [5.41, 5.74) is 5.45. The zero-order valence-electron chi connectivity index (χ0n) is 32.6. The molecule has 2 fully saturated rings. The van der Waals surface area contributed by atoms with Gasteiger partial charge in [0.25, 0.3) is 0 Å². The van der Waals surface area contributed by atoms with E-state index < -0.39 is 0 Å². The third kappa shape index (κ3) is 9.68. The highest BCUT2D eigenvalue weighted by atomic mass is 32.1. The Morgan fingerprint density at radius 2 is 1.46 bits per heavy atom. The lowest BCUT2D eigenvalue weighted by Crippen LogP contribution is -2.35. The van der Waals surface area contributed by atoms with Crippen LogP contribution in [0.1, 0.15) is 45.5 Å². The first-order valence-corrected chi connectivity index (χ1v) is 20.8. The molecule has 5 aromatic carbocycles. The number of methoxy groups -OCH3 is 1. The van der Waals surface area contributed by atoms with Gasteiger partial charge >= 0.3 is 0 Å². The summed E-state index contributed by atoms with van der Waals surface area (Å²) >= 11 is 1.59. The van der Waals surface area contributed by atoms with E-state index in [1.165, 1.54) is 18.4 Å². The summed E-state index contributed by atoms with van der Waals surface area (Å²) < 4.78 is 31.6. The van der Waals surface area contributed by atoms with Crippen LogP contribution in [0.25, 0.3) is 20.5 Å². The molecule has 0 saturated carbocycles. The van der Waals surface area contributed by atoms with Crippen molar-refractivity contribution in [2.45, 2.75) is 32.4 Å². The molecule has 0 unspecified atom stereocenters. The van der Waals surface area contributed by atoms with Gasteiger partial charge in [-0.15, -0.1) is 11.3 Å². The highest BCUT2D eigenvalue weighted by Gasteiger charge is 2.25. The van der Waals surface area contributed by atoms with E-state index in [1.54, 1.807) is 18.4 Å². The van der Waals surface area contributed by atoms with Crippen molar-refractivity contribution >= 4 is 27.2 Å². The molecule has 0 atom stereocenters. The highest BCUT2D eigenvalue weighted by molar-refractivity contribution is 7.22. The predicted molar refractivity (Wildman–Crippen MR) is 227 cm³/mol. The number of carbonyl (C=O) groups is 1. The second-order valence-electron chi connectivity index (χ2n) is 14.6. The monoisotopic (exact) mass is 782 g/mol. The lowest BCUT2D eigenvalue weighted by Gasteiger charge is -2.27. The highest BCUT2D eigenvalue weighted by Crippen LogP contribution is 2.44. The molecule has 2 aliphatic heterocycles. The molecule has 0 N–H and O–H groups in total. The summed E-state index contributed by atoms with van der Waals surface area (Å²) in [5, 5.41) is 0.876. The van der Waals surface area contributed by atoms with Crippen LogP contribution in [-0.4, -0.2) is 81.8 Å². The first kappa shape index (κ1) is 38.7. The Hall–Kier alpha value is -5.19. The quantitative estimate of drug-likeness (QED) is 0.0849. The number of fused-ring (bicyclic) bond motifs is 1. The van der Waals surface area contributed by atoms with Crippen LogP contribution in [0, 0.1) is 0 Å². The van der Waals surface area contributed by atoms with Gasteiger partial charge in [-0.3, -0.25) is 14.6 Å². The fourth-order valence-corrected chi connectivity index (χ4v) is 8.82. The van der Waals surface area contributed by atoms with E-state index in [2.05, 4.69) is 40.1 Å². The first-order chi connectivity index (χ1) is 28.1. The summed E-state index contributed by atoms with van der Waals surface area (Å²) in [6.07, 6.45) is 3.25. The van der Waals surface area contributed by atoms with Gasteiger partial charge in [0.1, 0.15) is 24.7 Å². The van der Waals surface area contributed by atoms with Crippen LogP contribution in [-0.2, 0) is 24.3 Å². The maximum Gasteiger partial charge on any atom is 0.195 e. The van der Waals surface area contributed by atoms with Gasteiger partial charge in [-0.1, -0.05) is 72.8 Å². The number of benzene rings is 5. The summed E-state index contributed by atoms with van der Waals surface area (Å²) in [7, 11) is 1.67. The van der Waals surface area contributed by atoms with Gasteiger partial charge in [-0.2, -0.15) is 0 Å². The fraction of sp³-hybridized carbons (Fsp3) is 0.312. The normalized spacial score (nSPS) is 14.8. The number of hydrogen-bond acceptors (Lipinski definition) is 9. The van der Waals surface area contributed by atoms with Gasteiger partial charge in [0.15, 0.2) is 17.3 Å². The van der Waals surface area contributed by atoms with Gasteiger partial charge in [0, 0.05) is 64.3 Å². The smallest absolute Gasteiger partial charge is 0.195 e. The Morgan fingerprint density at radius 3 is 2.23 bits per heavy atom. The Labute approximate surface area is 339 Å². The summed E-state index contributed by atoms with van der Waals surface area (Å²) in [5.74, 6) is 2.76. The van der Waals surface area contributed by atoms with E-state index in [-0.39, 0.29) is 5.78 Å². The van der Waals surface area contributed by atoms with Crippen molar-refractivity contribution in [3.05, 3.63) is 143 Å². The standard InChI is InChI=1S/C48H50N2O6S/c1-52-43-30-37(14-15-39(43)33-50-23-27-53-28-24-50)47(51)46-41-18-17-40(56-34-36-12-6-3-7-13-36)32-45(41)57-48(46)38-16-19-42(55-29-25-49-21-8-9-22-49)44(31-38)54-26-20-35-10-4-2-5-11-35/h2-7,10-19,30-32H,8-9,20-29,33-34H2,1H3. The van der Waals surface area contributed by atoms with Gasteiger partial charge in [0.05, 0.1) is 26.9 Å². The van der Waals surface area contributed by atoms with Crippen molar-refractivity contribution in [3.63, 3.8) is 0 Å². The Balaban J connectivity index is 1.14. The van der Waals surface area contributed by atoms with Gasteiger partial charge < -0.3 is 23.7 Å². The average molecular weight is 783 g/mol. The first-order valence-electron chi connectivity index (χ1n) is 20.0. The van der Waals surface area contributed by atoms with Crippen molar-refractivity contribution in [2.75, 3.05) is 66.3 Å². The Morgan fingerprint density at radius 1 is 0.702 bits per heavy atom. The lowest BCUT2D eigenvalue weighted by molar-refractivity contribution is 0.0339. The van der Waals surface area contributed by atoms with Crippen LogP contribution in [0.15, 0.2) is 115 Å². The largest absolute Gasteiger partial charge is 0.496 e. The second-order valence-corrected chi connectivity index (χ2v) is 15.7. The van der Waals surface area contributed by atoms with Crippen molar-refractivity contribution < 1.29 is 28.5 Å². The molecule has 57 heavy (non-hydrogen) atoms. The number of rotatable bonds is 17. The van der Waals surface area contributed by atoms with E-state index in [0.29, 0.717) is 48.2 Å². The predicted octanol–water partition coefficient (Wildman–Crippen LogP) is 9.32. The van der Waals surface area contributed by atoms with Crippen LogP contribution in [0.3, 0.4) is 0 Å². The van der Waals surface area contributed by atoms with E-state index in [0.717, 1.165) is 96.3 Å². The number of thiophene rings is 1. The Bertz CT molecular complexity index is 2250. The number of ether oxygens (including phenoxy) is 5. The molecular weight excluding hydrogens is 733 g/mol. The topological polar surface area (TPSA) is 69.7 Å². The molecule has 0 spiro atoms. The molecule has 2 aliphatic rings. The molecule has 1 aromatic heterocycles. The van der Waals surface area contributed by atoms with Crippen LogP contribution in [0.4, 0.5) is 0 Å². The SMILES string of the molecule is COc1cc(C(=O)c2c(-c3ccc(OCCN4CCCC4)c(OCCc4ccccc4)c3)sc3cc(OCc4ccccc4)ccc23)ccc1CN1CCOCC1. The minimum absolute atomic E-state index is 0.0667. The van der Waals surface area contributed by atoms with Crippen molar-refractivity contribution in [3.8, 4) is 33.4 Å². The zero-order valence-corrected chi connectivity index (χ0v) is 33.4. The number of likely N-dealkylation sites (tertiary alicyclic amines) is 1. The summed E-state index contributed by atoms with van der Waals surface area (Å²) in [4.78, 5) is 20.5. The van der Waals surface area contributed by atoms with Crippen molar-refractivity contribution in [1.29, 1.82) is 0 Å². The van der Waals surface area contributed by atoms with E-state index in [4.69, 9.17) is 23.7 Å². The summed E-state index contributed by atoms with van der Waals surface area (Å²) in [6.45, 7) is 8.55. The van der Waals surface area contributed by atoms with Gasteiger partial charge in [-0.25, -0.2) is 0 Å². The molecule has 8 nitrogen and oxygen atoms in total. The van der Waals surface area contributed by atoms with Crippen LogP contribution < -0.4 is 18.9 Å². The molecule has 294 valence electrons. The molecule has 2 saturated heterocycles. The number of nitrogens with zero attached hydrogens (tertiary/aromatic N) is 2. The van der Waals surface area contributed by atoms with Gasteiger partial charge in [0.2, 0.25) is 0 Å². The lowest BCUT2D eigenvalue weighted by atomic mass is 9.96. The average Bonchev–Trinajstić information content (AvgIpc) is 3.92. The fourth-order valence-electron chi connectivity index (χ4n) is 7.59. The molecular formula is C48H50N2O6S. The molecule has 0 amide bonds. The molecule has 0 radical (unpaired) electrons. The van der Waals surface area contributed by atoms with E-state index >= 15 is 0 Å². The minimum atomic E-state index is -0.0667. The van der Waals surface area contributed by atoms with Crippen LogP contribution in [0.2, 0.25) is 0 Å². The van der Waals surface area contributed by atoms with Crippen molar-refractivity contribution in [2.24, 2.45) is 0 Å². The molecule has 3 heterocycles. The second kappa shape index (κ2) is 18.8. The van der Waals surface area contributed by atoms with E-state index in [9.17, 15) is 4.79 Å². The Kier molecular flexibility index (Phi) is 12.8. The molecule has 0 aliphatic carbocycles. The number of carbonyl (C=O) groups excluding carboxylic acids is 1. The molecule has 9 heteroatoms. The maximum atomic E-state index is 14.9. The van der Waals surface area contributed by atoms with Crippen molar-refractivity contribution in [1.82, 2.24) is 9.80 Å². The number of morpholine rings is 1. The number of hydrogen-bond donors (Lipinski definition) is 0. The maximum absolute atomic E-state index is 14.9. The minimum Gasteiger partial charge on any atom is -0.496 e. The zero-order chi connectivity index (χ0) is 38.8. The third-order valence-electron chi connectivity index (χ3n) is 10.7.